The Morgan fingerprint density at radius 1 is 1.11 bits per heavy atom. The number of nitrogens with zero attached hydrogens (tertiary/aromatic N) is 1. The highest BCUT2D eigenvalue weighted by Crippen LogP contribution is 2.28. The van der Waals surface area contributed by atoms with E-state index in [0.717, 1.165) is 5.56 Å². The van der Waals surface area contributed by atoms with Gasteiger partial charge in [-0.1, -0.05) is 6.07 Å². The van der Waals surface area contributed by atoms with Crippen LogP contribution in [0.2, 0.25) is 0 Å². The van der Waals surface area contributed by atoms with Gasteiger partial charge in [0.2, 0.25) is 0 Å². The van der Waals surface area contributed by atoms with E-state index < -0.39 is 4.92 Å². The molecule has 0 saturated heterocycles. The third kappa shape index (κ3) is 5.81. The minimum absolute atomic E-state index is 0.103. The molecule has 144 valence electrons. The van der Waals surface area contributed by atoms with Crippen LogP contribution in [-0.2, 0) is 6.42 Å². The third-order valence-electron chi connectivity index (χ3n) is 3.71. The molecule has 0 aromatic heterocycles. The van der Waals surface area contributed by atoms with Crippen LogP contribution < -0.4 is 14.8 Å². The molecule has 0 unspecified atom stereocenters. The zero-order valence-corrected chi connectivity index (χ0v) is 17.3. The highest BCUT2D eigenvalue weighted by Gasteiger charge is 2.15. The summed E-state index contributed by atoms with van der Waals surface area (Å²) in [7, 11) is 0. The maximum Gasteiger partial charge on any atom is 0.270 e. The number of amides is 1. The normalized spacial score (nSPS) is 10.3. The molecule has 1 amide bonds. The molecule has 0 radical (unpaired) electrons. The van der Waals surface area contributed by atoms with Crippen molar-refractivity contribution in [1.29, 1.82) is 0 Å². The fraction of sp³-hybridized carbons (Fsp3) is 0.316. The van der Waals surface area contributed by atoms with Crippen LogP contribution in [0.4, 0.5) is 5.69 Å². The van der Waals surface area contributed by atoms with Crippen molar-refractivity contribution in [1.82, 2.24) is 5.32 Å². The summed E-state index contributed by atoms with van der Waals surface area (Å²) in [6.45, 7) is 5.30. The van der Waals surface area contributed by atoms with Gasteiger partial charge in [0.25, 0.3) is 11.6 Å². The average molecular weight is 484 g/mol. The second-order valence-corrected chi connectivity index (χ2v) is 6.74. The molecule has 0 aliphatic heterocycles. The number of non-ortho nitro benzene ring substituents is 1. The van der Waals surface area contributed by atoms with Crippen molar-refractivity contribution in [2.24, 2.45) is 0 Å². The van der Waals surface area contributed by atoms with Gasteiger partial charge in [-0.2, -0.15) is 0 Å². The molecular formula is C19H21IN2O5. The van der Waals surface area contributed by atoms with Crippen LogP contribution in [0.25, 0.3) is 0 Å². The summed E-state index contributed by atoms with van der Waals surface area (Å²) in [5.41, 5.74) is 1.19. The summed E-state index contributed by atoms with van der Waals surface area (Å²) < 4.78 is 11.8. The highest BCUT2D eigenvalue weighted by atomic mass is 127. The smallest absolute Gasteiger partial charge is 0.270 e. The number of nitro groups is 1. The quantitative estimate of drug-likeness (QED) is 0.331. The van der Waals surface area contributed by atoms with Crippen molar-refractivity contribution in [2.45, 2.75) is 20.3 Å². The molecule has 0 aliphatic carbocycles. The molecule has 2 rings (SSSR count). The van der Waals surface area contributed by atoms with E-state index in [2.05, 4.69) is 5.32 Å². The number of hydrogen-bond acceptors (Lipinski definition) is 5. The Kier molecular flexibility index (Phi) is 7.83. The maximum absolute atomic E-state index is 12.4. The standard InChI is InChI=1S/C19H21IN2O5/c1-3-26-17-8-5-13(11-18(17)27-4-2)9-10-21-19(23)15-12-14(22(24)25)6-7-16(15)20/h5-8,11-12H,3-4,9-10H2,1-2H3,(H,21,23). The second-order valence-electron chi connectivity index (χ2n) is 5.57. The topological polar surface area (TPSA) is 90.7 Å². The molecule has 0 fully saturated rings. The number of halogens is 1. The van der Waals surface area contributed by atoms with Crippen molar-refractivity contribution >= 4 is 34.2 Å². The monoisotopic (exact) mass is 484 g/mol. The Morgan fingerprint density at radius 3 is 2.48 bits per heavy atom. The first kappa shape index (κ1) is 20.9. The van der Waals surface area contributed by atoms with E-state index in [0.29, 0.717) is 46.8 Å². The van der Waals surface area contributed by atoms with E-state index in [-0.39, 0.29) is 11.6 Å². The predicted molar refractivity (Wildman–Crippen MR) is 111 cm³/mol. The van der Waals surface area contributed by atoms with Crippen LogP contribution in [-0.4, -0.2) is 30.6 Å². The number of hydrogen-bond donors (Lipinski definition) is 1. The Bertz CT molecular complexity index is 826. The van der Waals surface area contributed by atoms with Crippen molar-refractivity contribution < 1.29 is 19.2 Å². The summed E-state index contributed by atoms with van der Waals surface area (Å²) in [5.74, 6) is 1.04. The molecule has 7 nitrogen and oxygen atoms in total. The molecule has 2 aromatic rings. The van der Waals surface area contributed by atoms with E-state index in [9.17, 15) is 14.9 Å². The van der Waals surface area contributed by atoms with Crippen LogP contribution in [0.1, 0.15) is 29.8 Å². The lowest BCUT2D eigenvalue weighted by atomic mass is 10.1. The number of carbonyl (C=O) groups excluding carboxylic acids is 1. The van der Waals surface area contributed by atoms with Crippen LogP contribution in [0.15, 0.2) is 36.4 Å². The first-order chi connectivity index (χ1) is 13.0. The van der Waals surface area contributed by atoms with Crippen molar-refractivity contribution in [3.05, 3.63) is 61.2 Å². The molecule has 0 heterocycles. The molecule has 27 heavy (non-hydrogen) atoms. The first-order valence-electron chi connectivity index (χ1n) is 8.56. The molecule has 0 aliphatic rings. The van der Waals surface area contributed by atoms with Gasteiger partial charge in [0.15, 0.2) is 11.5 Å². The molecule has 0 saturated carbocycles. The minimum Gasteiger partial charge on any atom is -0.490 e. The van der Waals surface area contributed by atoms with E-state index >= 15 is 0 Å². The van der Waals surface area contributed by atoms with Crippen molar-refractivity contribution in [2.75, 3.05) is 19.8 Å². The predicted octanol–water partition coefficient (Wildman–Crippen LogP) is 3.97. The number of carbonyl (C=O) groups is 1. The van der Waals surface area contributed by atoms with Gasteiger partial charge in [-0.25, -0.2) is 0 Å². The fourth-order valence-corrected chi connectivity index (χ4v) is 3.05. The lowest BCUT2D eigenvalue weighted by Gasteiger charge is -2.13. The lowest BCUT2D eigenvalue weighted by molar-refractivity contribution is -0.384. The van der Waals surface area contributed by atoms with E-state index in [1.165, 1.54) is 12.1 Å². The van der Waals surface area contributed by atoms with Gasteiger partial charge < -0.3 is 14.8 Å². The number of benzene rings is 2. The summed E-state index contributed by atoms with van der Waals surface area (Å²) in [4.78, 5) is 22.7. The summed E-state index contributed by atoms with van der Waals surface area (Å²) in [6, 6.07) is 9.92. The average Bonchev–Trinajstić information content (AvgIpc) is 2.64. The first-order valence-corrected chi connectivity index (χ1v) is 9.64. The van der Waals surface area contributed by atoms with E-state index in [4.69, 9.17) is 9.47 Å². The molecule has 2 aromatic carbocycles. The van der Waals surface area contributed by atoms with Crippen molar-refractivity contribution in [3.63, 3.8) is 0 Å². The maximum atomic E-state index is 12.4. The molecular weight excluding hydrogens is 463 g/mol. The van der Waals surface area contributed by atoms with E-state index in [1.807, 2.05) is 54.6 Å². The van der Waals surface area contributed by atoms with Crippen LogP contribution >= 0.6 is 22.6 Å². The second kappa shape index (κ2) is 10.1. The zero-order valence-electron chi connectivity index (χ0n) is 15.2. The lowest BCUT2D eigenvalue weighted by Crippen LogP contribution is -2.26. The minimum atomic E-state index is -0.512. The Balaban J connectivity index is 2.01. The van der Waals surface area contributed by atoms with Gasteiger partial charge in [0, 0.05) is 22.2 Å². The summed E-state index contributed by atoms with van der Waals surface area (Å²) >= 11 is 1.99. The molecule has 0 atom stereocenters. The van der Waals surface area contributed by atoms with Crippen LogP contribution in [0, 0.1) is 13.7 Å². The number of nitrogens with one attached hydrogen (secondary N) is 1. The van der Waals surface area contributed by atoms with Gasteiger partial charge in [0.1, 0.15) is 0 Å². The van der Waals surface area contributed by atoms with Gasteiger partial charge >= 0.3 is 0 Å². The molecule has 1 N–H and O–H groups in total. The van der Waals surface area contributed by atoms with Crippen LogP contribution in [0.5, 0.6) is 11.5 Å². The summed E-state index contributed by atoms with van der Waals surface area (Å²) in [5, 5.41) is 13.7. The molecule has 0 bridgehead atoms. The Labute approximate surface area is 171 Å². The van der Waals surface area contributed by atoms with Gasteiger partial charge in [-0.3, -0.25) is 14.9 Å². The van der Waals surface area contributed by atoms with E-state index in [1.54, 1.807) is 6.07 Å². The largest absolute Gasteiger partial charge is 0.490 e. The van der Waals surface area contributed by atoms with Gasteiger partial charge in [-0.15, -0.1) is 0 Å². The summed E-state index contributed by atoms with van der Waals surface area (Å²) in [6.07, 6.45) is 0.601. The zero-order chi connectivity index (χ0) is 19.8. The Hall–Kier alpha value is -2.36. The number of rotatable bonds is 9. The highest BCUT2D eigenvalue weighted by molar-refractivity contribution is 14.1. The third-order valence-corrected chi connectivity index (χ3v) is 4.65. The van der Waals surface area contributed by atoms with Gasteiger partial charge in [0.05, 0.1) is 23.7 Å². The number of nitro benzene ring substituents is 1. The Morgan fingerprint density at radius 2 is 1.81 bits per heavy atom. The fourth-order valence-electron chi connectivity index (χ4n) is 2.47. The molecule has 8 heteroatoms. The van der Waals surface area contributed by atoms with Crippen LogP contribution in [0.3, 0.4) is 0 Å². The molecule has 0 spiro atoms. The van der Waals surface area contributed by atoms with Gasteiger partial charge in [-0.05, 0) is 66.6 Å². The number of ether oxygens (including phenoxy) is 2. The van der Waals surface area contributed by atoms with Crippen molar-refractivity contribution in [3.8, 4) is 11.5 Å². The SMILES string of the molecule is CCOc1ccc(CCNC(=O)c2cc([N+](=O)[O-])ccc2I)cc1OCC.